The molecule has 2 bridgehead atoms. The summed E-state index contributed by atoms with van der Waals surface area (Å²) < 4.78 is 0. The van der Waals surface area contributed by atoms with E-state index in [1.54, 1.807) is 6.42 Å². The Morgan fingerprint density at radius 2 is 1.86 bits per heavy atom. The summed E-state index contributed by atoms with van der Waals surface area (Å²) in [5.74, 6) is 4.17. The Morgan fingerprint density at radius 3 is 2.81 bits per heavy atom. The van der Waals surface area contributed by atoms with E-state index in [-0.39, 0.29) is 0 Å². The second-order valence-electron chi connectivity index (χ2n) is 7.23. The summed E-state index contributed by atoms with van der Waals surface area (Å²) in [6, 6.07) is 10.8. The van der Waals surface area contributed by atoms with Crippen LogP contribution in [0.4, 0.5) is 0 Å². The molecule has 3 aliphatic carbocycles. The van der Waals surface area contributed by atoms with Crippen LogP contribution in [0.1, 0.15) is 32.1 Å². The summed E-state index contributed by atoms with van der Waals surface area (Å²) in [7, 11) is 0. The lowest BCUT2D eigenvalue weighted by atomic mass is 9.71. The van der Waals surface area contributed by atoms with Gasteiger partial charge in [-0.2, -0.15) is 0 Å². The van der Waals surface area contributed by atoms with Crippen molar-refractivity contribution in [1.29, 1.82) is 0 Å². The van der Waals surface area contributed by atoms with Crippen LogP contribution in [0.3, 0.4) is 0 Å². The highest BCUT2D eigenvalue weighted by atomic mass is 32.2. The Hall–Kier alpha value is -1.02. The van der Waals surface area contributed by atoms with Crippen LogP contribution in [0.15, 0.2) is 41.6 Å². The van der Waals surface area contributed by atoms with Gasteiger partial charge < -0.3 is 0 Å². The number of aromatic nitrogens is 1. The largest absolute Gasteiger partial charge is 0.249 e. The maximum absolute atomic E-state index is 4.71. The van der Waals surface area contributed by atoms with Crippen LogP contribution in [0.2, 0.25) is 0 Å². The molecule has 108 valence electrons. The normalized spacial score (nSPS) is 37.2. The SMILES string of the molecule is c1ccc2c(S[C@@H]3CC[C@H]4C[C@@H]5C[C@@H]4[C@@H]3C5)nccc2c1. The summed E-state index contributed by atoms with van der Waals surface area (Å²) in [6.45, 7) is 0. The molecule has 1 aromatic carbocycles. The molecule has 2 heteroatoms. The molecule has 3 aliphatic rings. The van der Waals surface area contributed by atoms with Gasteiger partial charge in [0.2, 0.25) is 0 Å². The molecule has 3 fully saturated rings. The highest BCUT2D eigenvalue weighted by molar-refractivity contribution is 8.00. The average Bonchev–Trinajstić information content (AvgIpc) is 3.12. The molecule has 0 aliphatic heterocycles. The van der Waals surface area contributed by atoms with Crippen molar-refractivity contribution < 1.29 is 0 Å². The van der Waals surface area contributed by atoms with E-state index in [9.17, 15) is 0 Å². The number of hydrogen-bond acceptors (Lipinski definition) is 2. The van der Waals surface area contributed by atoms with Gasteiger partial charge >= 0.3 is 0 Å². The zero-order valence-electron chi connectivity index (χ0n) is 12.2. The molecule has 0 radical (unpaired) electrons. The lowest BCUT2D eigenvalue weighted by Crippen LogP contribution is -2.34. The van der Waals surface area contributed by atoms with Crippen molar-refractivity contribution in [2.24, 2.45) is 23.7 Å². The minimum Gasteiger partial charge on any atom is -0.249 e. The summed E-state index contributed by atoms with van der Waals surface area (Å²) >= 11 is 2.08. The lowest BCUT2D eigenvalue weighted by Gasteiger charge is -2.40. The summed E-state index contributed by atoms with van der Waals surface area (Å²) in [6.07, 6.45) is 9.45. The molecule has 0 amide bonds. The first-order valence-electron chi connectivity index (χ1n) is 8.39. The first kappa shape index (κ1) is 12.5. The predicted octanol–water partition coefficient (Wildman–Crippen LogP) is 5.15. The average molecular weight is 295 g/mol. The molecule has 5 rings (SSSR count). The first-order valence-corrected chi connectivity index (χ1v) is 9.27. The Kier molecular flexibility index (Phi) is 2.83. The molecule has 0 N–H and O–H groups in total. The number of thioether (sulfide) groups is 1. The predicted molar refractivity (Wildman–Crippen MR) is 88.4 cm³/mol. The fourth-order valence-electron chi connectivity index (χ4n) is 5.38. The third-order valence-electron chi connectivity index (χ3n) is 6.20. The van der Waals surface area contributed by atoms with E-state index in [0.717, 1.165) is 28.9 Å². The number of benzene rings is 1. The van der Waals surface area contributed by atoms with Gasteiger partial charge in [-0.3, -0.25) is 0 Å². The number of nitrogens with zero attached hydrogens (tertiary/aromatic N) is 1. The van der Waals surface area contributed by atoms with Crippen LogP contribution in [0, 0.1) is 23.7 Å². The second kappa shape index (κ2) is 4.74. The fourth-order valence-corrected chi connectivity index (χ4v) is 6.84. The van der Waals surface area contributed by atoms with E-state index < -0.39 is 0 Å². The summed E-state index contributed by atoms with van der Waals surface area (Å²) in [5, 5.41) is 4.75. The van der Waals surface area contributed by atoms with Gasteiger partial charge in [0.25, 0.3) is 0 Å². The van der Waals surface area contributed by atoms with Crippen molar-refractivity contribution in [1.82, 2.24) is 4.98 Å². The van der Waals surface area contributed by atoms with E-state index in [4.69, 9.17) is 4.98 Å². The molecule has 0 unspecified atom stereocenters. The highest BCUT2D eigenvalue weighted by Gasteiger charge is 2.51. The molecule has 1 nitrogen and oxygen atoms in total. The minimum atomic E-state index is 0.815. The van der Waals surface area contributed by atoms with Crippen LogP contribution in [0.5, 0.6) is 0 Å². The second-order valence-corrected chi connectivity index (χ2v) is 8.46. The smallest absolute Gasteiger partial charge is 0.104 e. The van der Waals surface area contributed by atoms with Crippen LogP contribution < -0.4 is 0 Å². The monoisotopic (exact) mass is 295 g/mol. The third-order valence-corrected chi connectivity index (χ3v) is 7.64. The van der Waals surface area contributed by atoms with Crippen molar-refractivity contribution >= 4 is 22.5 Å². The number of rotatable bonds is 2. The third kappa shape index (κ3) is 1.95. The van der Waals surface area contributed by atoms with Crippen LogP contribution >= 0.6 is 11.8 Å². The molecule has 3 saturated carbocycles. The van der Waals surface area contributed by atoms with Gasteiger partial charge in [0.05, 0.1) is 0 Å². The van der Waals surface area contributed by atoms with Gasteiger partial charge in [-0.15, -0.1) is 11.8 Å². The van der Waals surface area contributed by atoms with Crippen molar-refractivity contribution in [2.45, 2.75) is 42.4 Å². The Morgan fingerprint density at radius 1 is 0.952 bits per heavy atom. The van der Waals surface area contributed by atoms with Gasteiger partial charge in [0.1, 0.15) is 5.03 Å². The number of hydrogen-bond donors (Lipinski definition) is 0. The van der Waals surface area contributed by atoms with Crippen molar-refractivity contribution in [3.63, 3.8) is 0 Å². The molecule has 1 aromatic heterocycles. The van der Waals surface area contributed by atoms with Crippen LogP contribution in [0.25, 0.3) is 10.8 Å². The van der Waals surface area contributed by atoms with Gasteiger partial charge in [0.15, 0.2) is 0 Å². The standard InChI is InChI=1S/C19H21NS/c1-2-4-15-13(3-1)7-8-20-19(15)21-18-6-5-14-9-12-10-16(14)17(18)11-12/h1-4,7-8,12,14,16-18H,5-6,9-11H2/t12-,14+,16+,17+,18-/m1/s1. The van der Waals surface area contributed by atoms with Crippen LogP contribution in [-0.4, -0.2) is 10.2 Å². The van der Waals surface area contributed by atoms with E-state index in [0.29, 0.717) is 0 Å². The quantitative estimate of drug-likeness (QED) is 0.759. The van der Waals surface area contributed by atoms with Crippen molar-refractivity contribution in [3.8, 4) is 0 Å². The number of fused-ring (bicyclic) bond motifs is 2. The molecule has 21 heavy (non-hydrogen) atoms. The molecular formula is C19H21NS. The Labute approximate surface area is 130 Å². The van der Waals surface area contributed by atoms with E-state index in [1.165, 1.54) is 41.5 Å². The van der Waals surface area contributed by atoms with Gasteiger partial charge in [-0.1, -0.05) is 24.3 Å². The minimum absolute atomic E-state index is 0.815. The lowest BCUT2D eigenvalue weighted by molar-refractivity contribution is 0.171. The van der Waals surface area contributed by atoms with Crippen molar-refractivity contribution in [2.75, 3.05) is 0 Å². The molecule has 2 aromatic rings. The maximum atomic E-state index is 4.71. The topological polar surface area (TPSA) is 12.9 Å². The zero-order valence-corrected chi connectivity index (χ0v) is 13.1. The summed E-state index contributed by atoms with van der Waals surface area (Å²) in [5.41, 5.74) is 0. The van der Waals surface area contributed by atoms with E-state index >= 15 is 0 Å². The molecular weight excluding hydrogens is 274 g/mol. The summed E-state index contributed by atoms with van der Waals surface area (Å²) in [4.78, 5) is 4.71. The van der Waals surface area contributed by atoms with Gasteiger partial charge in [0, 0.05) is 16.8 Å². The number of pyridine rings is 1. The van der Waals surface area contributed by atoms with Gasteiger partial charge in [-0.25, -0.2) is 4.98 Å². The Balaban J connectivity index is 1.46. The highest BCUT2D eigenvalue weighted by Crippen LogP contribution is 2.60. The maximum Gasteiger partial charge on any atom is 0.104 e. The van der Waals surface area contributed by atoms with Gasteiger partial charge in [-0.05, 0) is 67.2 Å². The van der Waals surface area contributed by atoms with Crippen LogP contribution in [-0.2, 0) is 0 Å². The molecule has 1 heterocycles. The molecule has 5 atom stereocenters. The van der Waals surface area contributed by atoms with E-state index in [2.05, 4.69) is 42.1 Å². The zero-order chi connectivity index (χ0) is 13.8. The molecule has 0 saturated heterocycles. The Bertz CT molecular complexity index is 677. The first-order chi connectivity index (χ1) is 10.4. The molecule has 0 spiro atoms. The van der Waals surface area contributed by atoms with Crippen molar-refractivity contribution in [3.05, 3.63) is 36.5 Å². The van der Waals surface area contributed by atoms with E-state index in [1.807, 2.05) is 6.20 Å². The fraction of sp³-hybridized carbons (Fsp3) is 0.526.